The van der Waals surface area contributed by atoms with E-state index in [1.165, 1.54) is 19.4 Å². The summed E-state index contributed by atoms with van der Waals surface area (Å²) in [5.41, 5.74) is 2.51. The van der Waals surface area contributed by atoms with Gasteiger partial charge in [-0.1, -0.05) is 0 Å². The Balaban J connectivity index is 1.37. The summed E-state index contributed by atoms with van der Waals surface area (Å²) < 4.78 is 11.6. The first-order valence-corrected chi connectivity index (χ1v) is 10.5. The lowest BCUT2D eigenvalue weighted by atomic mass is 9.73. The Morgan fingerprint density at radius 2 is 1.93 bits per heavy atom. The third-order valence-corrected chi connectivity index (χ3v) is 6.57. The second-order valence-electron chi connectivity index (χ2n) is 8.47. The van der Waals surface area contributed by atoms with Gasteiger partial charge in [0.25, 0.3) is 0 Å². The largest absolute Gasteiger partial charge is 0.493 e. The molecule has 152 valence electrons. The minimum atomic E-state index is -0.438. The summed E-state index contributed by atoms with van der Waals surface area (Å²) in [5.74, 6) is 2.32. The van der Waals surface area contributed by atoms with Crippen LogP contribution in [0.5, 0.6) is 11.5 Å². The molecular formula is C23H27N3O3. The van der Waals surface area contributed by atoms with Crippen molar-refractivity contribution >= 4 is 11.6 Å². The van der Waals surface area contributed by atoms with E-state index in [9.17, 15) is 4.79 Å². The number of aromatic nitrogens is 1. The van der Waals surface area contributed by atoms with Gasteiger partial charge in [0.15, 0.2) is 11.5 Å². The maximum Gasteiger partial charge on any atom is 0.235 e. The van der Waals surface area contributed by atoms with Crippen LogP contribution in [0.1, 0.15) is 36.8 Å². The molecule has 0 radical (unpaired) electrons. The van der Waals surface area contributed by atoms with E-state index in [4.69, 9.17) is 9.47 Å². The molecule has 3 heterocycles. The lowest BCUT2D eigenvalue weighted by Crippen LogP contribution is -2.46. The first kappa shape index (κ1) is 18.4. The van der Waals surface area contributed by atoms with Gasteiger partial charge in [-0.3, -0.25) is 9.78 Å². The number of carbonyl (C=O) groups is 1. The molecule has 2 fully saturated rings. The molecule has 1 spiro atoms. The number of carbonyl (C=O) groups excluding carboxylic acids is 1. The van der Waals surface area contributed by atoms with E-state index in [2.05, 4.69) is 15.2 Å². The van der Waals surface area contributed by atoms with Crippen molar-refractivity contribution in [3.63, 3.8) is 0 Å². The summed E-state index contributed by atoms with van der Waals surface area (Å²) in [6.45, 7) is 3.57. The van der Waals surface area contributed by atoms with Crippen LogP contribution in [0, 0.1) is 5.92 Å². The van der Waals surface area contributed by atoms with E-state index in [0.717, 1.165) is 48.7 Å². The molecule has 1 aliphatic carbocycles. The minimum Gasteiger partial charge on any atom is -0.493 e. The molecule has 2 aliphatic heterocycles. The standard InChI is InChI=1S/C23H27N3O3/c1-28-20-12-18-19(13-21(20)29-15-17-4-8-24-9-5-17)25-22(27)23(18)6-10-26(11-7-23)14-16-2-3-16/h4-5,8-9,12-13,16H,2-3,6-7,10-11,14-15H2,1H3,(H,25,27). The average Bonchev–Trinajstić information content (AvgIpc) is 3.53. The van der Waals surface area contributed by atoms with Crippen molar-refractivity contribution in [1.29, 1.82) is 0 Å². The second kappa shape index (κ2) is 7.34. The van der Waals surface area contributed by atoms with Gasteiger partial charge in [0.2, 0.25) is 5.91 Å². The normalized spacial score (nSPS) is 20.4. The average molecular weight is 393 g/mol. The zero-order chi connectivity index (χ0) is 19.8. The summed E-state index contributed by atoms with van der Waals surface area (Å²) in [4.78, 5) is 19.6. The van der Waals surface area contributed by atoms with Gasteiger partial charge in [0.1, 0.15) is 6.61 Å². The number of rotatable bonds is 6. The lowest BCUT2D eigenvalue weighted by Gasteiger charge is -2.38. The number of hydrogen-bond donors (Lipinski definition) is 1. The molecule has 1 amide bonds. The highest BCUT2D eigenvalue weighted by Crippen LogP contribution is 2.49. The Morgan fingerprint density at radius 3 is 2.62 bits per heavy atom. The molecule has 1 N–H and O–H groups in total. The third kappa shape index (κ3) is 3.46. The Labute approximate surface area is 171 Å². The highest BCUT2D eigenvalue weighted by atomic mass is 16.5. The Kier molecular flexibility index (Phi) is 4.66. The maximum absolute atomic E-state index is 13.0. The number of likely N-dealkylation sites (tertiary alicyclic amines) is 1. The molecule has 0 unspecified atom stereocenters. The molecule has 0 atom stereocenters. The fourth-order valence-electron chi connectivity index (χ4n) is 4.62. The molecule has 1 aromatic heterocycles. The molecular weight excluding hydrogens is 366 g/mol. The highest BCUT2D eigenvalue weighted by molar-refractivity contribution is 6.06. The van der Waals surface area contributed by atoms with Crippen LogP contribution < -0.4 is 14.8 Å². The molecule has 1 saturated carbocycles. The molecule has 2 aromatic rings. The molecule has 1 saturated heterocycles. The first-order chi connectivity index (χ1) is 14.2. The van der Waals surface area contributed by atoms with Crippen molar-refractivity contribution in [3.05, 3.63) is 47.8 Å². The zero-order valence-corrected chi connectivity index (χ0v) is 16.8. The SMILES string of the molecule is COc1cc2c(cc1OCc1ccncc1)NC(=O)C21CCN(CC2CC2)CC1. The van der Waals surface area contributed by atoms with Crippen molar-refractivity contribution in [2.75, 3.05) is 32.1 Å². The molecule has 29 heavy (non-hydrogen) atoms. The van der Waals surface area contributed by atoms with E-state index >= 15 is 0 Å². The number of pyridine rings is 1. The van der Waals surface area contributed by atoms with Crippen LogP contribution in [-0.2, 0) is 16.8 Å². The van der Waals surface area contributed by atoms with Crippen LogP contribution in [0.3, 0.4) is 0 Å². The van der Waals surface area contributed by atoms with E-state index in [1.54, 1.807) is 19.5 Å². The molecule has 5 rings (SSSR count). The topological polar surface area (TPSA) is 63.7 Å². The monoisotopic (exact) mass is 393 g/mol. The molecule has 1 aromatic carbocycles. The Bertz CT molecular complexity index is 903. The predicted octanol–water partition coefficient (Wildman–Crippen LogP) is 3.36. The Hall–Kier alpha value is -2.60. The summed E-state index contributed by atoms with van der Waals surface area (Å²) in [7, 11) is 1.65. The number of methoxy groups -OCH3 is 1. The van der Waals surface area contributed by atoms with E-state index in [0.29, 0.717) is 18.1 Å². The predicted molar refractivity (Wildman–Crippen MR) is 110 cm³/mol. The van der Waals surface area contributed by atoms with E-state index in [1.807, 2.05) is 24.3 Å². The van der Waals surface area contributed by atoms with Crippen LogP contribution in [0.2, 0.25) is 0 Å². The molecule has 0 bridgehead atoms. The van der Waals surface area contributed by atoms with E-state index in [-0.39, 0.29) is 5.91 Å². The van der Waals surface area contributed by atoms with Crippen LogP contribution >= 0.6 is 0 Å². The zero-order valence-electron chi connectivity index (χ0n) is 16.8. The number of benzene rings is 1. The van der Waals surface area contributed by atoms with E-state index < -0.39 is 5.41 Å². The van der Waals surface area contributed by atoms with Gasteiger partial charge in [-0.15, -0.1) is 0 Å². The molecule has 6 nitrogen and oxygen atoms in total. The third-order valence-electron chi connectivity index (χ3n) is 6.57. The molecule has 3 aliphatic rings. The van der Waals surface area contributed by atoms with Gasteiger partial charge in [-0.25, -0.2) is 0 Å². The summed E-state index contributed by atoms with van der Waals surface area (Å²) in [5, 5.41) is 3.11. The number of fused-ring (bicyclic) bond motifs is 2. The quantitative estimate of drug-likeness (QED) is 0.815. The number of anilines is 1. The van der Waals surface area contributed by atoms with Crippen molar-refractivity contribution in [1.82, 2.24) is 9.88 Å². The number of nitrogens with one attached hydrogen (secondary N) is 1. The van der Waals surface area contributed by atoms with Crippen LogP contribution in [0.15, 0.2) is 36.7 Å². The van der Waals surface area contributed by atoms with Gasteiger partial charge in [-0.2, -0.15) is 0 Å². The van der Waals surface area contributed by atoms with Gasteiger partial charge in [0.05, 0.1) is 12.5 Å². The highest BCUT2D eigenvalue weighted by Gasteiger charge is 2.49. The van der Waals surface area contributed by atoms with Gasteiger partial charge < -0.3 is 19.7 Å². The molecule has 6 heteroatoms. The number of piperidine rings is 1. The summed E-state index contributed by atoms with van der Waals surface area (Å²) in [6.07, 6.45) is 7.95. The summed E-state index contributed by atoms with van der Waals surface area (Å²) >= 11 is 0. The number of hydrogen-bond acceptors (Lipinski definition) is 5. The lowest BCUT2D eigenvalue weighted by molar-refractivity contribution is -0.122. The number of nitrogens with zero attached hydrogens (tertiary/aromatic N) is 2. The number of amides is 1. The smallest absolute Gasteiger partial charge is 0.235 e. The van der Waals surface area contributed by atoms with Crippen LogP contribution in [0.25, 0.3) is 0 Å². The van der Waals surface area contributed by atoms with Crippen molar-refractivity contribution in [2.24, 2.45) is 5.92 Å². The van der Waals surface area contributed by atoms with Crippen LogP contribution in [-0.4, -0.2) is 42.5 Å². The van der Waals surface area contributed by atoms with Crippen molar-refractivity contribution in [2.45, 2.75) is 37.7 Å². The van der Waals surface area contributed by atoms with Gasteiger partial charge in [0, 0.05) is 30.7 Å². The number of ether oxygens (including phenoxy) is 2. The fraction of sp³-hybridized carbons (Fsp3) is 0.478. The summed E-state index contributed by atoms with van der Waals surface area (Å²) in [6, 6.07) is 7.77. The van der Waals surface area contributed by atoms with Gasteiger partial charge >= 0.3 is 0 Å². The second-order valence-corrected chi connectivity index (χ2v) is 8.47. The Morgan fingerprint density at radius 1 is 1.17 bits per heavy atom. The first-order valence-electron chi connectivity index (χ1n) is 10.5. The fourth-order valence-corrected chi connectivity index (χ4v) is 4.62. The van der Waals surface area contributed by atoms with Crippen molar-refractivity contribution in [3.8, 4) is 11.5 Å². The minimum absolute atomic E-state index is 0.118. The van der Waals surface area contributed by atoms with Crippen molar-refractivity contribution < 1.29 is 14.3 Å². The van der Waals surface area contributed by atoms with Gasteiger partial charge in [-0.05, 0) is 74.0 Å². The maximum atomic E-state index is 13.0. The van der Waals surface area contributed by atoms with Crippen LogP contribution in [0.4, 0.5) is 5.69 Å².